The van der Waals surface area contributed by atoms with Crippen molar-refractivity contribution < 1.29 is 19.1 Å². The minimum absolute atomic E-state index is 0.0816. The molecule has 1 heterocycles. The van der Waals surface area contributed by atoms with Crippen LogP contribution in [0.25, 0.3) is 0 Å². The number of non-ortho nitro benzene ring substituents is 1. The van der Waals surface area contributed by atoms with Crippen LogP contribution in [0.5, 0.6) is 0 Å². The number of rotatable bonds is 5. The molecule has 0 aliphatic rings. The number of aryl methyl sites for hydroxylation is 1. The Morgan fingerprint density at radius 1 is 1.17 bits per heavy atom. The fourth-order valence-electron chi connectivity index (χ4n) is 2.28. The molecule has 1 aromatic heterocycles. The van der Waals surface area contributed by atoms with E-state index in [0.29, 0.717) is 11.5 Å². The SMILES string of the molecule is Cc1ccc(CN(C)C(=O)c2cc([N+](=O)[O-])cc([N+](=O)[O-])c2C)o1. The molecular formula is C15H15N3O6. The number of nitrogens with zero attached hydrogens (tertiary/aromatic N) is 3. The molecule has 0 fully saturated rings. The van der Waals surface area contributed by atoms with E-state index in [1.54, 1.807) is 19.1 Å². The number of benzene rings is 1. The third-order valence-corrected chi connectivity index (χ3v) is 3.54. The van der Waals surface area contributed by atoms with Gasteiger partial charge in [0, 0.05) is 18.7 Å². The van der Waals surface area contributed by atoms with Crippen LogP contribution in [0, 0.1) is 34.1 Å². The molecule has 2 rings (SSSR count). The normalized spacial score (nSPS) is 10.5. The largest absolute Gasteiger partial charge is 0.464 e. The highest BCUT2D eigenvalue weighted by atomic mass is 16.6. The van der Waals surface area contributed by atoms with Gasteiger partial charge in [-0.15, -0.1) is 0 Å². The van der Waals surface area contributed by atoms with Crippen LogP contribution in [-0.4, -0.2) is 27.7 Å². The molecular weight excluding hydrogens is 318 g/mol. The monoisotopic (exact) mass is 333 g/mol. The molecule has 0 saturated carbocycles. The van der Waals surface area contributed by atoms with Gasteiger partial charge in [0.25, 0.3) is 17.3 Å². The maximum atomic E-state index is 12.6. The van der Waals surface area contributed by atoms with Gasteiger partial charge < -0.3 is 9.32 Å². The third kappa shape index (κ3) is 3.40. The Morgan fingerprint density at radius 3 is 2.33 bits per heavy atom. The van der Waals surface area contributed by atoms with Gasteiger partial charge in [-0.1, -0.05) is 0 Å². The van der Waals surface area contributed by atoms with Crippen molar-refractivity contribution in [1.29, 1.82) is 0 Å². The van der Waals surface area contributed by atoms with E-state index in [0.717, 1.165) is 12.1 Å². The minimum Gasteiger partial charge on any atom is -0.464 e. The lowest BCUT2D eigenvalue weighted by Crippen LogP contribution is -2.27. The van der Waals surface area contributed by atoms with E-state index in [1.165, 1.54) is 18.9 Å². The molecule has 0 saturated heterocycles. The summed E-state index contributed by atoms with van der Waals surface area (Å²) >= 11 is 0. The van der Waals surface area contributed by atoms with Crippen molar-refractivity contribution in [2.24, 2.45) is 0 Å². The number of nitro groups is 2. The maximum Gasteiger partial charge on any atom is 0.279 e. The average molecular weight is 333 g/mol. The lowest BCUT2D eigenvalue weighted by molar-refractivity contribution is -0.394. The van der Waals surface area contributed by atoms with Crippen molar-refractivity contribution >= 4 is 17.3 Å². The summed E-state index contributed by atoms with van der Waals surface area (Å²) < 4.78 is 5.38. The number of hydrogen-bond acceptors (Lipinski definition) is 6. The van der Waals surface area contributed by atoms with E-state index < -0.39 is 27.1 Å². The zero-order valence-corrected chi connectivity index (χ0v) is 13.3. The van der Waals surface area contributed by atoms with Gasteiger partial charge in [0.2, 0.25) is 0 Å². The first-order chi connectivity index (χ1) is 11.2. The highest BCUT2D eigenvalue weighted by Crippen LogP contribution is 2.29. The Hall–Kier alpha value is -3.23. The minimum atomic E-state index is -0.765. The van der Waals surface area contributed by atoms with Crippen LogP contribution in [0.4, 0.5) is 11.4 Å². The summed E-state index contributed by atoms with van der Waals surface area (Å²) in [6.45, 7) is 3.29. The van der Waals surface area contributed by atoms with E-state index in [2.05, 4.69) is 0 Å². The fourth-order valence-corrected chi connectivity index (χ4v) is 2.28. The molecule has 2 aromatic rings. The molecule has 0 atom stereocenters. The van der Waals surface area contributed by atoms with Gasteiger partial charge in [-0.3, -0.25) is 25.0 Å². The van der Waals surface area contributed by atoms with Gasteiger partial charge in [-0.2, -0.15) is 0 Å². The van der Waals surface area contributed by atoms with Crippen molar-refractivity contribution in [2.45, 2.75) is 20.4 Å². The van der Waals surface area contributed by atoms with Gasteiger partial charge in [0.15, 0.2) is 0 Å². The third-order valence-electron chi connectivity index (χ3n) is 3.54. The van der Waals surface area contributed by atoms with Crippen molar-refractivity contribution in [3.63, 3.8) is 0 Å². The summed E-state index contributed by atoms with van der Waals surface area (Å²) in [6, 6.07) is 5.36. The molecule has 126 valence electrons. The zero-order chi connectivity index (χ0) is 18.0. The number of hydrogen-bond donors (Lipinski definition) is 0. The Labute approximate surface area is 136 Å². The van der Waals surface area contributed by atoms with Crippen LogP contribution in [-0.2, 0) is 6.54 Å². The topological polar surface area (TPSA) is 120 Å². The van der Waals surface area contributed by atoms with E-state index in [4.69, 9.17) is 4.42 Å². The Balaban J connectivity index is 2.40. The lowest BCUT2D eigenvalue weighted by Gasteiger charge is -2.17. The first-order valence-electron chi connectivity index (χ1n) is 6.95. The summed E-state index contributed by atoms with van der Waals surface area (Å²) in [6.07, 6.45) is 0. The predicted molar refractivity (Wildman–Crippen MR) is 83.7 cm³/mol. The number of carbonyl (C=O) groups excluding carboxylic acids is 1. The van der Waals surface area contributed by atoms with Crippen LogP contribution < -0.4 is 0 Å². The van der Waals surface area contributed by atoms with Crippen molar-refractivity contribution in [1.82, 2.24) is 4.90 Å². The first kappa shape index (κ1) is 17.1. The van der Waals surface area contributed by atoms with Crippen molar-refractivity contribution in [2.75, 3.05) is 7.05 Å². The van der Waals surface area contributed by atoms with Gasteiger partial charge in [0.1, 0.15) is 11.5 Å². The second kappa shape index (κ2) is 6.49. The Bertz CT molecular complexity index is 827. The van der Waals surface area contributed by atoms with E-state index >= 15 is 0 Å². The molecule has 0 aliphatic carbocycles. The van der Waals surface area contributed by atoms with Crippen LogP contribution in [0.15, 0.2) is 28.7 Å². The summed E-state index contributed by atoms with van der Waals surface area (Å²) in [7, 11) is 1.49. The van der Waals surface area contributed by atoms with Crippen molar-refractivity contribution in [3.05, 3.63) is 67.1 Å². The number of carbonyl (C=O) groups is 1. The van der Waals surface area contributed by atoms with Gasteiger partial charge in [0.05, 0.1) is 28.0 Å². The first-order valence-corrected chi connectivity index (χ1v) is 6.95. The highest BCUT2D eigenvalue weighted by Gasteiger charge is 2.26. The summed E-state index contributed by atoms with van der Waals surface area (Å²) in [5, 5.41) is 22.0. The predicted octanol–water partition coefficient (Wildman–Crippen LogP) is 2.99. The molecule has 1 aromatic carbocycles. The molecule has 0 unspecified atom stereocenters. The Kier molecular flexibility index (Phi) is 4.63. The highest BCUT2D eigenvalue weighted by molar-refractivity contribution is 5.97. The molecule has 0 spiro atoms. The number of nitro benzene ring substituents is 2. The van der Waals surface area contributed by atoms with Crippen LogP contribution in [0.1, 0.15) is 27.4 Å². The smallest absolute Gasteiger partial charge is 0.279 e. The van der Waals surface area contributed by atoms with E-state index in [-0.39, 0.29) is 17.7 Å². The van der Waals surface area contributed by atoms with E-state index in [9.17, 15) is 25.0 Å². The molecule has 0 bridgehead atoms. The molecule has 9 heteroatoms. The summed E-state index contributed by atoms with van der Waals surface area (Å²) in [5.74, 6) is 0.669. The van der Waals surface area contributed by atoms with E-state index in [1.807, 2.05) is 0 Å². The van der Waals surface area contributed by atoms with Gasteiger partial charge in [-0.05, 0) is 26.0 Å². The summed E-state index contributed by atoms with van der Waals surface area (Å²) in [4.78, 5) is 34.4. The fraction of sp³-hybridized carbons (Fsp3) is 0.267. The summed E-state index contributed by atoms with van der Waals surface area (Å²) in [5.41, 5.74) is -0.965. The van der Waals surface area contributed by atoms with Gasteiger partial charge >= 0.3 is 0 Å². The van der Waals surface area contributed by atoms with Crippen LogP contribution in [0.2, 0.25) is 0 Å². The Morgan fingerprint density at radius 2 is 1.83 bits per heavy atom. The lowest BCUT2D eigenvalue weighted by atomic mass is 10.0. The molecule has 9 nitrogen and oxygen atoms in total. The average Bonchev–Trinajstić information content (AvgIpc) is 2.91. The molecule has 24 heavy (non-hydrogen) atoms. The zero-order valence-electron chi connectivity index (χ0n) is 13.3. The number of furan rings is 1. The molecule has 0 radical (unpaired) electrons. The maximum absolute atomic E-state index is 12.6. The van der Waals surface area contributed by atoms with Crippen LogP contribution in [0.3, 0.4) is 0 Å². The van der Waals surface area contributed by atoms with Crippen LogP contribution >= 0.6 is 0 Å². The second-order valence-corrected chi connectivity index (χ2v) is 5.33. The molecule has 1 amide bonds. The van der Waals surface area contributed by atoms with Crippen molar-refractivity contribution in [3.8, 4) is 0 Å². The van der Waals surface area contributed by atoms with Gasteiger partial charge in [-0.25, -0.2) is 0 Å². The number of amides is 1. The second-order valence-electron chi connectivity index (χ2n) is 5.33. The standard InChI is InChI=1S/C15H15N3O6/c1-9-4-5-12(24-9)8-16(3)15(19)13-6-11(17(20)21)7-14(10(13)2)18(22)23/h4-7H,8H2,1-3H3. The quantitative estimate of drug-likeness (QED) is 0.612. The molecule has 0 aliphatic heterocycles. The molecule has 0 N–H and O–H groups in total.